The van der Waals surface area contributed by atoms with Crippen LogP contribution in [-0.4, -0.2) is 34.2 Å². The zero-order valence-corrected chi connectivity index (χ0v) is 10.6. The van der Waals surface area contributed by atoms with Crippen molar-refractivity contribution in [1.82, 2.24) is 5.32 Å². The van der Waals surface area contributed by atoms with E-state index in [0.29, 0.717) is 12.2 Å². The Kier molecular flexibility index (Phi) is 5.80. The van der Waals surface area contributed by atoms with E-state index in [-0.39, 0.29) is 11.4 Å². The number of nitro benzene ring substituents is 1. The van der Waals surface area contributed by atoms with Gasteiger partial charge in [-0.05, 0) is 5.56 Å². The minimum absolute atomic E-state index is 0.00102. The molecule has 1 rings (SSSR count). The molecule has 0 saturated carbocycles. The van der Waals surface area contributed by atoms with Gasteiger partial charge in [0, 0.05) is 23.6 Å². The maximum Gasteiger partial charge on any atom is 0.327 e. The summed E-state index contributed by atoms with van der Waals surface area (Å²) in [6.07, 6.45) is 0.340. The quantitative estimate of drug-likeness (QED) is 0.419. The first kappa shape index (κ1) is 15.0. The number of thioether (sulfide) groups is 1. The molecule has 7 nitrogen and oxygen atoms in total. The number of nitro groups is 1. The van der Waals surface area contributed by atoms with E-state index in [1.54, 1.807) is 12.1 Å². The lowest BCUT2D eigenvalue weighted by molar-refractivity contribution is -0.384. The van der Waals surface area contributed by atoms with E-state index in [2.05, 4.69) is 5.32 Å². The van der Waals surface area contributed by atoms with Gasteiger partial charge in [0.25, 0.3) is 5.69 Å². The topological polar surface area (TPSA) is 110 Å². The molecule has 0 fully saturated rings. The van der Waals surface area contributed by atoms with Gasteiger partial charge in [-0.25, -0.2) is 4.79 Å². The van der Waals surface area contributed by atoms with Gasteiger partial charge >= 0.3 is 5.97 Å². The van der Waals surface area contributed by atoms with Crippen LogP contribution in [0.2, 0.25) is 0 Å². The van der Waals surface area contributed by atoms with E-state index in [4.69, 9.17) is 5.11 Å². The van der Waals surface area contributed by atoms with E-state index < -0.39 is 16.9 Å². The second-order valence-corrected chi connectivity index (χ2v) is 4.65. The van der Waals surface area contributed by atoms with Crippen molar-refractivity contribution in [1.29, 1.82) is 0 Å². The van der Waals surface area contributed by atoms with Crippen molar-refractivity contribution in [3.8, 4) is 0 Å². The molecule has 1 atom stereocenters. The summed E-state index contributed by atoms with van der Waals surface area (Å²) < 4.78 is 0. The van der Waals surface area contributed by atoms with Gasteiger partial charge in [0.1, 0.15) is 6.04 Å². The predicted octanol–water partition coefficient (Wildman–Crippen LogP) is 1.03. The zero-order valence-electron chi connectivity index (χ0n) is 9.81. The molecule has 1 aromatic carbocycles. The lowest BCUT2D eigenvalue weighted by atomic mass is 10.2. The summed E-state index contributed by atoms with van der Waals surface area (Å²) in [5, 5.41) is 21.6. The number of hydrogen-bond donors (Lipinski definition) is 2. The third kappa shape index (κ3) is 4.96. The lowest BCUT2D eigenvalue weighted by Crippen LogP contribution is -2.37. The highest BCUT2D eigenvalue weighted by molar-refractivity contribution is 7.98. The van der Waals surface area contributed by atoms with Crippen molar-refractivity contribution in [2.45, 2.75) is 11.8 Å². The minimum Gasteiger partial charge on any atom is -0.480 e. The summed E-state index contributed by atoms with van der Waals surface area (Å²) in [6.45, 7) is 0. The first-order chi connectivity index (χ1) is 9.04. The molecule has 2 N–H and O–H groups in total. The fourth-order valence-electron chi connectivity index (χ4n) is 1.33. The Labute approximate surface area is 113 Å². The average molecular weight is 284 g/mol. The van der Waals surface area contributed by atoms with Crippen LogP contribution in [0.25, 0.3) is 0 Å². The number of amides is 1. The summed E-state index contributed by atoms with van der Waals surface area (Å²) in [4.78, 5) is 31.1. The number of rotatable bonds is 8. The number of carbonyl (C=O) groups is 2. The molecule has 1 amide bonds. The molecule has 0 aromatic heterocycles. The van der Waals surface area contributed by atoms with Crippen LogP contribution in [0.4, 0.5) is 5.69 Å². The number of non-ortho nitro benzene ring substituents is 1. The van der Waals surface area contributed by atoms with Crippen molar-refractivity contribution in [3.63, 3.8) is 0 Å². The van der Waals surface area contributed by atoms with Gasteiger partial charge in [-0.2, -0.15) is 11.8 Å². The Morgan fingerprint density at radius 1 is 1.58 bits per heavy atom. The standard InChI is InChI=1S/C11H12N2O5S/c14-7-12-10(11(15)16)6-19-5-8-2-1-3-9(4-8)13(17)18/h1-4,7,10H,5-6H2,(H,12,14)(H,15,16). The van der Waals surface area contributed by atoms with Gasteiger partial charge in [-0.15, -0.1) is 0 Å². The van der Waals surface area contributed by atoms with Crippen LogP contribution in [0.15, 0.2) is 24.3 Å². The summed E-state index contributed by atoms with van der Waals surface area (Å²) in [6, 6.07) is 5.18. The number of carboxylic acid groups (broad SMARTS) is 1. The van der Waals surface area contributed by atoms with Crippen LogP contribution in [-0.2, 0) is 15.3 Å². The average Bonchev–Trinajstić information content (AvgIpc) is 2.38. The molecule has 0 heterocycles. The molecule has 8 heteroatoms. The first-order valence-electron chi connectivity index (χ1n) is 5.28. The highest BCUT2D eigenvalue weighted by atomic mass is 32.2. The van der Waals surface area contributed by atoms with Gasteiger partial charge in [0.05, 0.1) is 4.92 Å². The summed E-state index contributed by atoms with van der Waals surface area (Å²) in [5.74, 6) is -0.485. The normalized spacial score (nSPS) is 11.6. The highest BCUT2D eigenvalue weighted by Crippen LogP contribution is 2.18. The fraction of sp³-hybridized carbons (Fsp3) is 0.273. The van der Waals surface area contributed by atoms with Crippen molar-refractivity contribution in [2.24, 2.45) is 0 Å². The molecule has 0 saturated heterocycles. The largest absolute Gasteiger partial charge is 0.480 e. The second kappa shape index (κ2) is 7.37. The Bertz CT molecular complexity index is 480. The van der Waals surface area contributed by atoms with Crippen LogP contribution < -0.4 is 5.32 Å². The van der Waals surface area contributed by atoms with E-state index in [1.165, 1.54) is 23.9 Å². The molecule has 0 aliphatic carbocycles. The molecular formula is C11H12N2O5S. The van der Waals surface area contributed by atoms with Gasteiger partial charge in [-0.3, -0.25) is 14.9 Å². The highest BCUT2D eigenvalue weighted by Gasteiger charge is 2.16. The van der Waals surface area contributed by atoms with Gasteiger partial charge < -0.3 is 10.4 Å². The first-order valence-corrected chi connectivity index (χ1v) is 6.43. The molecule has 0 aliphatic heterocycles. The fourth-order valence-corrected chi connectivity index (χ4v) is 2.33. The van der Waals surface area contributed by atoms with Crippen molar-refractivity contribution in [3.05, 3.63) is 39.9 Å². The minimum atomic E-state index is -1.11. The Morgan fingerprint density at radius 3 is 2.89 bits per heavy atom. The van der Waals surface area contributed by atoms with Gasteiger partial charge in [0.2, 0.25) is 6.41 Å². The molecule has 0 bridgehead atoms. The number of carboxylic acids is 1. The van der Waals surface area contributed by atoms with Crippen LogP contribution in [0.1, 0.15) is 5.56 Å². The maximum absolute atomic E-state index is 10.8. The number of carbonyl (C=O) groups excluding carboxylic acids is 1. The third-order valence-corrected chi connectivity index (χ3v) is 3.35. The molecule has 1 aromatic rings. The number of benzene rings is 1. The lowest BCUT2D eigenvalue weighted by Gasteiger charge is -2.10. The van der Waals surface area contributed by atoms with Crippen molar-refractivity contribution >= 4 is 29.8 Å². The van der Waals surface area contributed by atoms with E-state index in [9.17, 15) is 19.7 Å². The van der Waals surface area contributed by atoms with Gasteiger partial charge in [-0.1, -0.05) is 12.1 Å². The van der Waals surface area contributed by atoms with Crippen LogP contribution in [0.3, 0.4) is 0 Å². The van der Waals surface area contributed by atoms with Crippen molar-refractivity contribution in [2.75, 3.05) is 5.75 Å². The SMILES string of the molecule is O=CNC(CSCc1cccc([N+](=O)[O-])c1)C(=O)O. The van der Waals surface area contributed by atoms with Crippen LogP contribution in [0.5, 0.6) is 0 Å². The molecule has 102 valence electrons. The van der Waals surface area contributed by atoms with Crippen molar-refractivity contribution < 1.29 is 19.6 Å². The van der Waals surface area contributed by atoms with Crippen LogP contribution >= 0.6 is 11.8 Å². The van der Waals surface area contributed by atoms with E-state index in [1.807, 2.05) is 0 Å². The molecule has 0 radical (unpaired) electrons. The monoisotopic (exact) mass is 284 g/mol. The predicted molar refractivity (Wildman–Crippen MR) is 69.9 cm³/mol. The summed E-state index contributed by atoms with van der Waals surface area (Å²) in [5.41, 5.74) is 0.730. The molecule has 19 heavy (non-hydrogen) atoms. The smallest absolute Gasteiger partial charge is 0.327 e. The second-order valence-electron chi connectivity index (χ2n) is 3.62. The molecular weight excluding hydrogens is 272 g/mol. The number of nitrogens with one attached hydrogen (secondary N) is 1. The Morgan fingerprint density at radius 2 is 2.32 bits per heavy atom. The zero-order chi connectivity index (χ0) is 14.3. The Hall–Kier alpha value is -2.09. The third-order valence-electron chi connectivity index (χ3n) is 2.24. The number of nitrogens with zero attached hydrogens (tertiary/aromatic N) is 1. The summed E-state index contributed by atoms with van der Waals surface area (Å²) >= 11 is 1.28. The van der Waals surface area contributed by atoms with Gasteiger partial charge in [0.15, 0.2) is 0 Å². The Balaban J connectivity index is 2.52. The molecule has 1 unspecified atom stereocenters. The van der Waals surface area contributed by atoms with E-state index >= 15 is 0 Å². The molecule has 0 spiro atoms. The number of hydrogen-bond acceptors (Lipinski definition) is 5. The maximum atomic E-state index is 10.8. The summed E-state index contributed by atoms with van der Waals surface area (Å²) in [7, 11) is 0. The number of aliphatic carboxylic acids is 1. The van der Waals surface area contributed by atoms with Crippen LogP contribution in [0, 0.1) is 10.1 Å². The van der Waals surface area contributed by atoms with E-state index in [0.717, 1.165) is 5.56 Å². The molecule has 0 aliphatic rings.